The molecule has 0 amide bonds. The Morgan fingerprint density at radius 3 is 2.53 bits per heavy atom. The van der Waals surface area contributed by atoms with Gasteiger partial charge >= 0.3 is 6.18 Å². The SMILES string of the molecule is CC1CCCC(C(O)c2ccccc2C(F)(F)F)C1. The Bertz CT molecular complexity index is 428. The van der Waals surface area contributed by atoms with Gasteiger partial charge in [0.05, 0.1) is 11.7 Å². The van der Waals surface area contributed by atoms with Crippen molar-refractivity contribution in [1.82, 2.24) is 0 Å². The normalized spacial score (nSPS) is 26.2. The van der Waals surface area contributed by atoms with Gasteiger partial charge in [0.25, 0.3) is 0 Å². The summed E-state index contributed by atoms with van der Waals surface area (Å²) in [7, 11) is 0. The van der Waals surface area contributed by atoms with Gasteiger partial charge in [-0.15, -0.1) is 0 Å². The van der Waals surface area contributed by atoms with Gasteiger partial charge in [0.15, 0.2) is 0 Å². The summed E-state index contributed by atoms with van der Waals surface area (Å²) in [4.78, 5) is 0. The van der Waals surface area contributed by atoms with Gasteiger partial charge in [-0.3, -0.25) is 0 Å². The molecular formula is C15H19F3O. The van der Waals surface area contributed by atoms with Crippen molar-refractivity contribution in [3.63, 3.8) is 0 Å². The lowest BCUT2D eigenvalue weighted by Gasteiger charge is -2.31. The van der Waals surface area contributed by atoms with Crippen LogP contribution in [-0.2, 0) is 6.18 Å². The van der Waals surface area contributed by atoms with E-state index in [1.54, 1.807) is 6.07 Å². The van der Waals surface area contributed by atoms with E-state index in [2.05, 4.69) is 6.92 Å². The molecule has 0 aromatic heterocycles. The molecule has 1 nitrogen and oxygen atoms in total. The molecule has 2 rings (SSSR count). The van der Waals surface area contributed by atoms with Crippen molar-refractivity contribution in [2.45, 2.75) is 44.9 Å². The summed E-state index contributed by atoms with van der Waals surface area (Å²) in [5, 5.41) is 10.3. The molecule has 1 N–H and O–H groups in total. The number of benzene rings is 1. The lowest BCUT2D eigenvalue weighted by Crippen LogP contribution is -2.22. The van der Waals surface area contributed by atoms with Gasteiger partial charge in [-0.25, -0.2) is 0 Å². The monoisotopic (exact) mass is 272 g/mol. The molecule has 1 aromatic rings. The number of hydrogen-bond acceptors (Lipinski definition) is 1. The molecule has 1 fully saturated rings. The number of alkyl halides is 3. The van der Waals surface area contributed by atoms with E-state index in [4.69, 9.17) is 0 Å². The molecule has 0 saturated heterocycles. The first-order chi connectivity index (χ1) is 8.89. The highest BCUT2D eigenvalue weighted by atomic mass is 19.4. The summed E-state index contributed by atoms with van der Waals surface area (Å²) in [6, 6.07) is 5.36. The maximum atomic E-state index is 12.9. The zero-order chi connectivity index (χ0) is 14.0. The van der Waals surface area contributed by atoms with Crippen molar-refractivity contribution in [2.24, 2.45) is 11.8 Å². The van der Waals surface area contributed by atoms with Crippen molar-refractivity contribution in [3.8, 4) is 0 Å². The van der Waals surface area contributed by atoms with Crippen LogP contribution in [0.15, 0.2) is 24.3 Å². The predicted molar refractivity (Wildman–Crippen MR) is 67.5 cm³/mol. The molecule has 3 atom stereocenters. The number of hydrogen-bond donors (Lipinski definition) is 1. The predicted octanol–water partition coefficient (Wildman–Crippen LogP) is 4.57. The fourth-order valence-electron chi connectivity index (χ4n) is 3.03. The van der Waals surface area contributed by atoms with Crippen LogP contribution >= 0.6 is 0 Å². The molecule has 3 unspecified atom stereocenters. The van der Waals surface area contributed by atoms with Crippen LogP contribution in [0.5, 0.6) is 0 Å². The van der Waals surface area contributed by atoms with E-state index in [1.807, 2.05) is 0 Å². The standard InChI is InChI=1S/C15H19F3O/c1-10-5-4-6-11(9-10)14(19)12-7-2-3-8-13(12)15(16,17)18/h2-3,7-8,10-11,14,19H,4-6,9H2,1H3. The molecule has 19 heavy (non-hydrogen) atoms. The van der Waals surface area contributed by atoms with E-state index >= 15 is 0 Å². The zero-order valence-electron chi connectivity index (χ0n) is 11.0. The summed E-state index contributed by atoms with van der Waals surface area (Å²) >= 11 is 0. The Hall–Kier alpha value is -1.03. The van der Waals surface area contributed by atoms with Gasteiger partial charge in [0.1, 0.15) is 0 Å². The second-order valence-electron chi connectivity index (χ2n) is 5.56. The summed E-state index contributed by atoms with van der Waals surface area (Å²) in [5.74, 6) is 0.415. The minimum atomic E-state index is -4.40. The number of aliphatic hydroxyl groups is 1. The molecule has 1 aliphatic rings. The van der Waals surface area contributed by atoms with Gasteiger partial charge in [-0.1, -0.05) is 38.0 Å². The Kier molecular flexibility index (Phi) is 4.19. The largest absolute Gasteiger partial charge is 0.416 e. The molecule has 0 radical (unpaired) electrons. The van der Waals surface area contributed by atoms with E-state index in [0.717, 1.165) is 31.7 Å². The highest BCUT2D eigenvalue weighted by Gasteiger charge is 2.37. The lowest BCUT2D eigenvalue weighted by molar-refractivity contribution is -0.139. The molecule has 1 aromatic carbocycles. The first kappa shape index (κ1) is 14.4. The third-order valence-corrected chi connectivity index (χ3v) is 4.01. The van der Waals surface area contributed by atoms with Crippen molar-refractivity contribution in [3.05, 3.63) is 35.4 Å². The molecule has 0 spiro atoms. The van der Waals surface area contributed by atoms with Crippen LogP contribution in [0, 0.1) is 11.8 Å². The average Bonchev–Trinajstić information content (AvgIpc) is 2.37. The minimum Gasteiger partial charge on any atom is -0.388 e. The molecule has 0 heterocycles. The Labute approximate surface area is 111 Å². The smallest absolute Gasteiger partial charge is 0.388 e. The van der Waals surface area contributed by atoms with Gasteiger partial charge in [-0.05, 0) is 36.3 Å². The molecule has 106 valence electrons. The van der Waals surface area contributed by atoms with Crippen molar-refractivity contribution in [2.75, 3.05) is 0 Å². The van der Waals surface area contributed by atoms with Crippen molar-refractivity contribution in [1.29, 1.82) is 0 Å². The van der Waals surface area contributed by atoms with Crippen LogP contribution in [0.1, 0.15) is 49.8 Å². The number of aliphatic hydroxyl groups excluding tert-OH is 1. The maximum absolute atomic E-state index is 12.9. The van der Waals surface area contributed by atoms with Crippen molar-refractivity contribution >= 4 is 0 Å². The van der Waals surface area contributed by atoms with Gasteiger partial charge in [-0.2, -0.15) is 13.2 Å². The second-order valence-corrected chi connectivity index (χ2v) is 5.56. The van der Waals surface area contributed by atoms with Crippen LogP contribution in [0.4, 0.5) is 13.2 Å². The number of rotatable bonds is 2. The Morgan fingerprint density at radius 2 is 1.89 bits per heavy atom. The van der Waals surface area contributed by atoms with Gasteiger partial charge in [0, 0.05) is 0 Å². The van der Waals surface area contributed by atoms with Crippen molar-refractivity contribution < 1.29 is 18.3 Å². The van der Waals surface area contributed by atoms with E-state index < -0.39 is 17.8 Å². The van der Waals surface area contributed by atoms with Crippen LogP contribution < -0.4 is 0 Å². The van der Waals surface area contributed by atoms with Gasteiger partial charge in [0.2, 0.25) is 0 Å². The molecule has 1 aliphatic carbocycles. The topological polar surface area (TPSA) is 20.2 Å². The highest BCUT2D eigenvalue weighted by Crippen LogP contribution is 2.41. The summed E-state index contributed by atoms with van der Waals surface area (Å²) < 4.78 is 38.8. The van der Waals surface area contributed by atoms with E-state index in [9.17, 15) is 18.3 Å². The third kappa shape index (κ3) is 3.30. The fourth-order valence-corrected chi connectivity index (χ4v) is 3.03. The van der Waals surface area contributed by atoms with E-state index in [1.165, 1.54) is 12.1 Å². The molecule has 0 aliphatic heterocycles. The van der Waals surface area contributed by atoms with Crippen LogP contribution in [0.3, 0.4) is 0 Å². The van der Waals surface area contributed by atoms with E-state index in [-0.39, 0.29) is 11.5 Å². The fraction of sp³-hybridized carbons (Fsp3) is 0.600. The first-order valence-electron chi connectivity index (χ1n) is 6.73. The number of halogens is 3. The summed E-state index contributed by atoms with van der Waals surface area (Å²) in [6.07, 6.45) is -1.73. The Morgan fingerprint density at radius 1 is 1.21 bits per heavy atom. The summed E-state index contributed by atoms with van der Waals surface area (Å²) in [5.41, 5.74) is -0.685. The Balaban J connectivity index is 2.26. The van der Waals surface area contributed by atoms with Gasteiger partial charge < -0.3 is 5.11 Å². The quantitative estimate of drug-likeness (QED) is 0.836. The minimum absolute atomic E-state index is 0.0223. The van der Waals surface area contributed by atoms with E-state index in [0.29, 0.717) is 5.92 Å². The van der Waals surface area contributed by atoms with Crippen LogP contribution in [0.2, 0.25) is 0 Å². The molecule has 1 saturated carbocycles. The molecular weight excluding hydrogens is 253 g/mol. The second kappa shape index (κ2) is 5.53. The maximum Gasteiger partial charge on any atom is 0.416 e. The molecule has 0 bridgehead atoms. The highest BCUT2D eigenvalue weighted by molar-refractivity contribution is 5.31. The average molecular weight is 272 g/mol. The summed E-state index contributed by atoms with van der Waals surface area (Å²) in [6.45, 7) is 2.09. The van der Waals surface area contributed by atoms with Crippen LogP contribution in [0.25, 0.3) is 0 Å². The lowest BCUT2D eigenvalue weighted by atomic mass is 9.77. The van der Waals surface area contributed by atoms with Crippen LogP contribution in [-0.4, -0.2) is 5.11 Å². The molecule has 4 heteroatoms. The zero-order valence-corrected chi connectivity index (χ0v) is 11.0. The third-order valence-electron chi connectivity index (χ3n) is 4.01. The first-order valence-corrected chi connectivity index (χ1v) is 6.73.